The molecule has 1 saturated carbocycles. The minimum absolute atomic E-state index is 0. The molecule has 0 aromatic heterocycles. The summed E-state index contributed by atoms with van der Waals surface area (Å²) in [5.74, 6) is -9.46. The molecule has 7 heteroatoms. The highest BCUT2D eigenvalue weighted by molar-refractivity contribution is 5.85. The van der Waals surface area contributed by atoms with Crippen LogP contribution in [-0.4, -0.2) is 0 Å². The van der Waals surface area contributed by atoms with Gasteiger partial charge in [-0.05, 0) is 12.3 Å². The van der Waals surface area contributed by atoms with E-state index in [0.29, 0.717) is 0 Å². The third kappa shape index (κ3) is 2.59. The zero-order valence-electron chi connectivity index (χ0n) is 9.15. The van der Waals surface area contributed by atoms with Gasteiger partial charge in [-0.15, -0.1) is 12.4 Å². The first-order chi connectivity index (χ1) is 7.93. The molecule has 0 unspecified atom stereocenters. The lowest BCUT2D eigenvalue weighted by atomic mass is 10.00. The fourth-order valence-corrected chi connectivity index (χ4v) is 1.78. The largest absolute Gasteiger partial charge is 0.324 e. The molecule has 1 nitrogen and oxygen atoms in total. The molecule has 1 aliphatic carbocycles. The second-order valence-corrected chi connectivity index (χ2v) is 4.27. The molecule has 2 N–H and O–H groups in total. The molecule has 2 rings (SSSR count). The van der Waals surface area contributed by atoms with E-state index in [-0.39, 0.29) is 24.7 Å². The Bertz CT molecular complexity index is 432. The molecule has 1 atom stereocenters. The molecule has 0 saturated heterocycles. The van der Waals surface area contributed by atoms with Crippen molar-refractivity contribution in [3.05, 3.63) is 34.6 Å². The zero-order chi connectivity index (χ0) is 12.7. The lowest BCUT2D eigenvalue weighted by molar-refractivity contribution is 0.360. The number of benzene rings is 1. The van der Waals surface area contributed by atoms with Gasteiger partial charge < -0.3 is 5.73 Å². The van der Waals surface area contributed by atoms with E-state index >= 15 is 0 Å². The molecule has 0 bridgehead atoms. The number of halogens is 6. The molecule has 0 spiro atoms. The summed E-state index contributed by atoms with van der Waals surface area (Å²) in [6, 6.07) is -1.16. The van der Waals surface area contributed by atoms with Crippen molar-refractivity contribution in [1.29, 1.82) is 0 Å². The predicted octanol–water partition coefficient (Wildman–Crippen LogP) is 3.60. The first-order valence-corrected chi connectivity index (χ1v) is 5.20. The molecule has 1 aromatic rings. The van der Waals surface area contributed by atoms with Crippen LogP contribution in [0.4, 0.5) is 22.0 Å². The van der Waals surface area contributed by atoms with Gasteiger partial charge in [0, 0.05) is 11.6 Å². The summed E-state index contributed by atoms with van der Waals surface area (Å²) in [6.07, 6.45) is 1.99. The van der Waals surface area contributed by atoms with E-state index in [1.807, 2.05) is 0 Å². The summed E-state index contributed by atoms with van der Waals surface area (Å²) in [5, 5.41) is 0. The van der Waals surface area contributed by atoms with Gasteiger partial charge in [0.05, 0.1) is 0 Å². The monoisotopic (exact) mass is 287 g/mol. The van der Waals surface area contributed by atoms with Crippen molar-refractivity contribution < 1.29 is 22.0 Å². The molecule has 102 valence electrons. The molecule has 18 heavy (non-hydrogen) atoms. The summed E-state index contributed by atoms with van der Waals surface area (Å²) < 4.78 is 65.2. The molecule has 0 aliphatic heterocycles. The van der Waals surface area contributed by atoms with E-state index in [1.54, 1.807) is 0 Å². The van der Waals surface area contributed by atoms with Crippen LogP contribution in [0.25, 0.3) is 0 Å². The van der Waals surface area contributed by atoms with Gasteiger partial charge in [-0.3, -0.25) is 0 Å². The van der Waals surface area contributed by atoms with Crippen LogP contribution in [0, 0.1) is 35.0 Å². The van der Waals surface area contributed by atoms with Crippen LogP contribution >= 0.6 is 12.4 Å². The van der Waals surface area contributed by atoms with E-state index in [0.717, 1.165) is 12.8 Å². The predicted molar refractivity (Wildman–Crippen MR) is 57.7 cm³/mol. The third-order valence-electron chi connectivity index (χ3n) is 2.90. The Morgan fingerprint density at radius 3 is 1.67 bits per heavy atom. The Morgan fingerprint density at radius 1 is 0.889 bits per heavy atom. The Morgan fingerprint density at radius 2 is 1.28 bits per heavy atom. The van der Waals surface area contributed by atoms with Crippen molar-refractivity contribution in [2.24, 2.45) is 11.7 Å². The van der Waals surface area contributed by atoms with Crippen LogP contribution in [-0.2, 0) is 0 Å². The number of hydrogen-bond acceptors (Lipinski definition) is 1. The summed E-state index contributed by atoms with van der Waals surface area (Å²) >= 11 is 0. The van der Waals surface area contributed by atoms with Crippen LogP contribution in [0.2, 0.25) is 0 Å². The summed E-state index contributed by atoms with van der Waals surface area (Å²) in [6.45, 7) is 0. The van der Waals surface area contributed by atoms with Gasteiger partial charge in [0.1, 0.15) is 0 Å². The highest BCUT2D eigenvalue weighted by Gasteiger charge is 2.32. The van der Waals surface area contributed by atoms with Gasteiger partial charge >= 0.3 is 0 Å². The Hall–Kier alpha value is -0.880. The maximum atomic E-state index is 13.3. The lowest BCUT2D eigenvalue weighted by Gasteiger charge is -2.14. The molecule has 1 aliphatic rings. The third-order valence-corrected chi connectivity index (χ3v) is 2.90. The van der Waals surface area contributed by atoms with Gasteiger partial charge in [0.15, 0.2) is 23.3 Å². The Balaban J connectivity index is 0.00000162. The van der Waals surface area contributed by atoms with Crippen molar-refractivity contribution in [1.82, 2.24) is 0 Å². The molecule has 0 amide bonds. The van der Waals surface area contributed by atoms with Gasteiger partial charge in [-0.1, -0.05) is 12.8 Å². The molecule has 0 heterocycles. The maximum absolute atomic E-state index is 13.3. The smallest absolute Gasteiger partial charge is 0.200 e. The SMILES string of the molecule is Cl.N[C@@H](CC1CC1)c1c(F)c(F)c(F)c(F)c1F. The van der Waals surface area contributed by atoms with Crippen LogP contribution in [0.5, 0.6) is 0 Å². The lowest BCUT2D eigenvalue weighted by Crippen LogP contribution is -2.18. The Labute approximate surface area is 107 Å². The molecular weight excluding hydrogens is 277 g/mol. The van der Waals surface area contributed by atoms with Crippen LogP contribution in [0.3, 0.4) is 0 Å². The molecule has 1 fully saturated rings. The van der Waals surface area contributed by atoms with Crippen molar-refractivity contribution in [2.45, 2.75) is 25.3 Å². The van der Waals surface area contributed by atoms with Gasteiger partial charge in [-0.2, -0.15) is 0 Å². The summed E-state index contributed by atoms with van der Waals surface area (Å²) in [4.78, 5) is 0. The van der Waals surface area contributed by atoms with E-state index in [2.05, 4.69) is 0 Å². The van der Waals surface area contributed by atoms with E-state index in [9.17, 15) is 22.0 Å². The molecular formula is C11H11ClF5N. The normalized spacial score (nSPS) is 16.3. The Kier molecular flexibility index (Phi) is 4.55. The first kappa shape index (κ1) is 15.2. The van der Waals surface area contributed by atoms with Crippen LogP contribution in [0.15, 0.2) is 0 Å². The van der Waals surface area contributed by atoms with Gasteiger partial charge in [0.25, 0.3) is 0 Å². The zero-order valence-corrected chi connectivity index (χ0v) is 9.97. The standard InChI is InChI=1S/C11H10F5N.ClH/c12-7-6(5(17)3-4-1-2-4)8(13)10(15)11(16)9(7)14;/h4-5H,1-3,17H2;1H/t5-;/m0./s1. The fourth-order valence-electron chi connectivity index (χ4n) is 1.78. The molecule has 0 radical (unpaired) electrons. The second-order valence-electron chi connectivity index (χ2n) is 4.27. The van der Waals surface area contributed by atoms with E-state index in [4.69, 9.17) is 5.73 Å². The maximum Gasteiger partial charge on any atom is 0.200 e. The fraction of sp³-hybridized carbons (Fsp3) is 0.455. The summed E-state index contributed by atoms with van der Waals surface area (Å²) in [7, 11) is 0. The number of rotatable bonds is 3. The number of nitrogens with two attached hydrogens (primary N) is 1. The topological polar surface area (TPSA) is 26.0 Å². The van der Waals surface area contributed by atoms with Crippen LogP contribution < -0.4 is 5.73 Å². The van der Waals surface area contributed by atoms with E-state index < -0.39 is 40.7 Å². The van der Waals surface area contributed by atoms with Crippen LogP contribution in [0.1, 0.15) is 30.9 Å². The quantitative estimate of drug-likeness (QED) is 0.513. The van der Waals surface area contributed by atoms with Crippen molar-refractivity contribution in [2.75, 3.05) is 0 Å². The highest BCUT2D eigenvalue weighted by atomic mass is 35.5. The summed E-state index contributed by atoms with van der Waals surface area (Å²) in [5.41, 5.74) is 4.58. The van der Waals surface area contributed by atoms with Gasteiger partial charge in [0.2, 0.25) is 5.82 Å². The first-order valence-electron chi connectivity index (χ1n) is 5.20. The van der Waals surface area contributed by atoms with Gasteiger partial charge in [-0.25, -0.2) is 22.0 Å². The van der Waals surface area contributed by atoms with Crippen molar-refractivity contribution >= 4 is 12.4 Å². The average molecular weight is 288 g/mol. The molecule has 1 aromatic carbocycles. The minimum Gasteiger partial charge on any atom is -0.324 e. The van der Waals surface area contributed by atoms with Crippen molar-refractivity contribution in [3.8, 4) is 0 Å². The number of hydrogen-bond donors (Lipinski definition) is 1. The van der Waals surface area contributed by atoms with E-state index in [1.165, 1.54) is 0 Å². The highest BCUT2D eigenvalue weighted by Crippen LogP contribution is 2.38. The average Bonchev–Trinajstić information content (AvgIpc) is 3.08. The van der Waals surface area contributed by atoms with Crippen molar-refractivity contribution in [3.63, 3.8) is 0 Å². The second kappa shape index (κ2) is 5.40. The minimum atomic E-state index is -2.15.